The van der Waals surface area contributed by atoms with Gasteiger partial charge < -0.3 is 9.94 Å². The third-order valence-corrected chi connectivity index (χ3v) is 2.80. The lowest BCUT2D eigenvalue weighted by Gasteiger charge is -2.13. The fourth-order valence-electron chi connectivity index (χ4n) is 1.80. The number of oxime groups is 1. The number of benzene rings is 2. The number of ether oxygens (including phenoxy) is 1. The molecule has 0 spiro atoms. The zero-order valence-electron chi connectivity index (χ0n) is 10.8. The lowest BCUT2D eigenvalue weighted by molar-refractivity contribution is -0.138. The maximum atomic E-state index is 12.8. The van der Waals surface area contributed by atoms with Crippen LogP contribution in [0.25, 0.3) is 0 Å². The minimum atomic E-state index is -4.40. The normalized spacial score (nSPS) is 11.8. The Labute approximate surface area is 119 Å². The van der Waals surface area contributed by atoms with Crippen molar-refractivity contribution in [1.29, 1.82) is 0 Å². The molecule has 2 rings (SSSR count). The Bertz CT molecular complexity index is 622. The Kier molecular flexibility index (Phi) is 4.47. The highest BCUT2D eigenvalue weighted by atomic mass is 19.4. The lowest BCUT2D eigenvalue weighted by atomic mass is 10.1. The third kappa shape index (κ3) is 3.98. The molecule has 110 valence electrons. The van der Waals surface area contributed by atoms with Crippen molar-refractivity contribution in [2.45, 2.75) is 12.8 Å². The van der Waals surface area contributed by atoms with Gasteiger partial charge in [-0.25, -0.2) is 0 Å². The summed E-state index contributed by atoms with van der Waals surface area (Å²) in [6.45, 7) is -0.177. The molecule has 0 unspecified atom stereocenters. The standard InChI is InChI=1S/C15H12F3NO2/c16-15(17,18)14-4-2-1-3-12(14)10-21-13-7-5-11(6-8-13)9-19-20/h1-9,20H,10H2. The van der Waals surface area contributed by atoms with Crippen molar-refractivity contribution in [3.8, 4) is 5.75 Å². The van der Waals surface area contributed by atoms with Crippen LogP contribution in [0.4, 0.5) is 13.2 Å². The van der Waals surface area contributed by atoms with Gasteiger partial charge in [0, 0.05) is 5.56 Å². The smallest absolute Gasteiger partial charge is 0.416 e. The second-order valence-electron chi connectivity index (χ2n) is 4.26. The highest BCUT2D eigenvalue weighted by molar-refractivity contribution is 5.79. The molecule has 21 heavy (non-hydrogen) atoms. The Balaban J connectivity index is 2.10. The molecule has 3 nitrogen and oxygen atoms in total. The number of rotatable bonds is 4. The first-order valence-electron chi connectivity index (χ1n) is 6.06. The molecule has 0 saturated carbocycles. The van der Waals surface area contributed by atoms with Crippen LogP contribution < -0.4 is 4.74 Å². The van der Waals surface area contributed by atoms with Gasteiger partial charge in [-0.2, -0.15) is 13.2 Å². The first-order chi connectivity index (χ1) is 10.0. The van der Waals surface area contributed by atoms with Crippen LogP contribution in [0.2, 0.25) is 0 Å². The molecule has 2 aromatic rings. The third-order valence-electron chi connectivity index (χ3n) is 2.80. The van der Waals surface area contributed by atoms with E-state index in [-0.39, 0.29) is 12.2 Å². The Hall–Kier alpha value is -2.50. The highest BCUT2D eigenvalue weighted by Crippen LogP contribution is 2.32. The number of nitrogens with zero attached hydrogens (tertiary/aromatic N) is 1. The molecule has 0 aliphatic carbocycles. The molecule has 0 aliphatic heterocycles. The van der Waals surface area contributed by atoms with Gasteiger partial charge in [0.1, 0.15) is 12.4 Å². The van der Waals surface area contributed by atoms with Crippen LogP contribution in [0.1, 0.15) is 16.7 Å². The average Bonchev–Trinajstić information content (AvgIpc) is 2.46. The second-order valence-corrected chi connectivity index (χ2v) is 4.26. The Morgan fingerprint density at radius 3 is 2.33 bits per heavy atom. The maximum absolute atomic E-state index is 12.8. The molecule has 0 fully saturated rings. The first kappa shape index (κ1) is 14.9. The van der Waals surface area contributed by atoms with Gasteiger partial charge >= 0.3 is 6.18 Å². The summed E-state index contributed by atoms with van der Waals surface area (Å²) in [5.74, 6) is 0.432. The van der Waals surface area contributed by atoms with Gasteiger partial charge in [0.15, 0.2) is 0 Å². The lowest BCUT2D eigenvalue weighted by Crippen LogP contribution is -2.10. The van der Waals surface area contributed by atoms with E-state index in [1.54, 1.807) is 24.3 Å². The first-order valence-corrected chi connectivity index (χ1v) is 6.06. The highest BCUT2D eigenvalue weighted by Gasteiger charge is 2.32. The van der Waals surface area contributed by atoms with Crippen molar-refractivity contribution < 1.29 is 23.1 Å². The van der Waals surface area contributed by atoms with E-state index in [9.17, 15) is 13.2 Å². The second kappa shape index (κ2) is 6.30. The summed E-state index contributed by atoms with van der Waals surface area (Å²) in [7, 11) is 0. The molecule has 0 radical (unpaired) electrons. The van der Waals surface area contributed by atoms with Crippen molar-refractivity contribution in [3.05, 3.63) is 65.2 Å². The Morgan fingerprint density at radius 1 is 1.05 bits per heavy atom. The van der Waals surface area contributed by atoms with Crippen LogP contribution in [-0.4, -0.2) is 11.4 Å². The van der Waals surface area contributed by atoms with Gasteiger partial charge in [0.25, 0.3) is 0 Å². The number of hydrogen-bond donors (Lipinski definition) is 1. The molecular weight excluding hydrogens is 283 g/mol. The predicted octanol–water partition coefficient (Wildman–Crippen LogP) is 4.09. The fourth-order valence-corrected chi connectivity index (χ4v) is 1.80. The summed E-state index contributed by atoms with van der Waals surface area (Å²) < 4.78 is 43.8. The van der Waals surface area contributed by atoms with Crippen LogP contribution in [-0.2, 0) is 12.8 Å². The van der Waals surface area contributed by atoms with E-state index in [2.05, 4.69) is 5.16 Å². The largest absolute Gasteiger partial charge is 0.489 e. The SMILES string of the molecule is ON=Cc1ccc(OCc2ccccc2C(F)(F)F)cc1. The van der Waals surface area contributed by atoms with Crippen molar-refractivity contribution in [3.63, 3.8) is 0 Å². The quantitative estimate of drug-likeness (QED) is 0.524. The van der Waals surface area contributed by atoms with Crippen molar-refractivity contribution >= 4 is 6.21 Å². The molecule has 0 amide bonds. The maximum Gasteiger partial charge on any atom is 0.416 e. The monoisotopic (exact) mass is 295 g/mol. The van der Waals surface area contributed by atoms with Crippen molar-refractivity contribution in [2.24, 2.45) is 5.16 Å². The van der Waals surface area contributed by atoms with Crippen LogP contribution in [0, 0.1) is 0 Å². The summed E-state index contributed by atoms with van der Waals surface area (Å²) in [6.07, 6.45) is -3.16. The van der Waals surface area contributed by atoms with E-state index in [0.717, 1.165) is 6.07 Å². The van der Waals surface area contributed by atoms with E-state index < -0.39 is 11.7 Å². The molecule has 6 heteroatoms. The number of halogens is 3. The molecule has 0 bridgehead atoms. The van der Waals surface area contributed by atoms with Crippen molar-refractivity contribution in [2.75, 3.05) is 0 Å². The molecule has 2 aromatic carbocycles. The summed E-state index contributed by atoms with van der Waals surface area (Å²) in [4.78, 5) is 0. The van der Waals surface area contributed by atoms with Gasteiger partial charge in [0.2, 0.25) is 0 Å². The average molecular weight is 295 g/mol. The fraction of sp³-hybridized carbons (Fsp3) is 0.133. The molecular formula is C15H12F3NO2. The van der Waals surface area contributed by atoms with E-state index in [4.69, 9.17) is 9.94 Å². The van der Waals surface area contributed by atoms with Gasteiger partial charge in [0.05, 0.1) is 11.8 Å². The number of hydrogen-bond acceptors (Lipinski definition) is 3. The predicted molar refractivity (Wildman–Crippen MR) is 71.6 cm³/mol. The molecule has 0 aliphatic rings. The van der Waals surface area contributed by atoms with E-state index in [1.807, 2.05) is 0 Å². The van der Waals surface area contributed by atoms with Crippen LogP contribution >= 0.6 is 0 Å². The van der Waals surface area contributed by atoms with Crippen molar-refractivity contribution in [1.82, 2.24) is 0 Å². The van der Waals surface area contributed by atoms with E-state index in [1.165, 1.54) is 24.4 Å². The van der Waals surface area contributed by atoms with E-state index in [0.29, 0.717) is 11.3 Å². The minimum Gasteiger partial charge on any atom is -0.489 e. The summed E-state index contributed by atoms with van der Waals surface area (Å²) in [5, 5.41) is 11.3. The Morgan fingerprint density at radius 2 is 1.71 bits per heavy atom. The minimum absolute atomic E-state index is 0.0750. The topological polar surface area (TPSA) is 41.8 Å². The van der Waals surface area contributed by atoms with Crippen LogP contribution in [0.3, 0.4) is 0 Å². The van der Waals surface area contributed by atoms with Crippen LogP contribution in [0.5, 0.6) is 5.75 Å². The van der Waals surface area contributed by atoms with Gasteiger partial charge in [-0.05, 0) is 35.9 Å². The van der Waals surface area contributed by atoms with Gasteiger partial charge in [-0.15, -0.1) is 0 Å². The molecule has 0 aromatic heterocycles. The summed E-state index contributed by atoms with van der Waals surface area (Å²) in [6, 6.07) is 11.7. The van der Waals surface area contributed by atoms with Gasteiger partial charge in [-0.1, -0.05) is 23.4 Å². The summed E-state index contributed by atoms with van der Waals surface area (Å²) >= 11 is 0. The van der Waals surface area contributed by atoms with E-state index >= 15 is 0 Å². The van der Waals surface area contributed by atoms with Gasteiger partial charge in [-0.3, -0.25) is 0 Å². The summed E-state index contributed by atoms with van der Waals surface area (Å²) in [5.41, 5.74) is 0.0283. The number of alkyl halides is 3. The molecule has 0 atom stereocenters. The van der Waals surface area contributed by atoms with Crippen LogP contribution in [0.15, 0.2) is 53.7 Å². The zero-order chi connectivity index (χ0) is 15.3. The molecule has 1 N–H and O–H groups in total. The molecule has 0 heterocycles. The zero-order valence-corrected chi connectivity index (χ0v) is 10.8. The molecule has 0 saturated heterocycles.